The van der Waals surface area contributed by atoms with Crippen LogP contribution in [0.5, 0.6) is 0 Å². The average molecular weight is 377 g/mol. The van der Waals surface area contributed by atoms with Gasteiger partial charge in [-0.15, -0.1) is 0 Å². The van der Waals surface area contributed by atoms with Crippen LogP contribution in [0, 0.1) is 0 Å². The lowest BCUT2D eigenvalue weighted by Gasteiger charge is -2.28. The quantitative estimate of drug-likeness (QED) is 0.712. The van der Waals surface area contributed by atoms with Crippen molar-refractivity contribution in [1.82, 2.24) is 15.3 Å². The summed E-state index contributed by atoms with van der Waals surface area (Å²) >= 11 is 0. The number of nitrogens with zero attached hydrogens (tertiary/aromatic N) is 3. The van der Waals surface area contributed by atoms with Crippen LogP contribution in [-0.4, -0.2) is 48.7 Å². The number of carbonyl (C=O) groups is 1. The number of morpholine rings is 1. The number of nitrogens with one attached hydrogen (secondary N) is 2. The number of ether oxygens (including phenoxy) is 1. The van der Waals surface area contributed by atoms with Gasteiger partial charge in [0.1, 0.15) is 12.1 Å². The third-order valence-electron chi connectivity index (χ3n) is 4.74. The SMILES string of the molecule is CCNC(=O)c1ccc2ncnc(Nc3ccc(N4CCOCC4)cc3)c2c1. The van der Waals surface area contributed by atoms with Crippen LogP contribution in [0.25, 0.3) is 10.9 Å². The van der Waals surface area contributed by atoms with E-state index < -0.39 is 0 Å². The Kier molecular flexibility index (Phi) is 5.34. The van der Waals surface area contributed by atoms with E-state index in [2.05, 4.69) is 37.6 Å². The number of anilines is 3. The predicted octanol–water partition coefficient (Wildman–Crippen LogP) is 2.96. The van der Waals surface area contributed by atoms with Crippen molar-refractivity contribution in [1.29, 1.82) is 0 Å². The minimum absolute atomic E-state index is 0.103. The van der Waals surface area contributed by atoms with E-state index in [-0.39, 0.29) is 5.91 Å². The normalized spacial score (nSPS) is 14.1. The molecule has 0 bridgehead atoms. The highest BCUT2D eigenvalue weighted by Gasteiger charge is 2.12. The minimum atomic E-state index is -0.103. The number of hydrogen-bond donors (Lipinski definition) is 2. The number of amides is 1. The zero-order chi connectivity index (χ0) is 19.3. The summed E-state index contributed by atoms with van der Waals surface area (Å²) in [4.78, 5) is 23.2. The standard InChI is InChI=1S/C21H23N5O2/c1-2-22-21(27)15-3-8-19-18(13-15)20(24-14-23-19)25-16-4-6-17(7-5-16)26-9-11-28-12-10-26/h3-8,13-14H,2,9-12H2,1H3,(H,22,27)(H,23,24,25). The molecule has 1 amide bonds. The average Bonchev–Trinajstić information content (AvgIpc) is 2.75. The maximum Gasteiger partial charge on any atom is 0.251 e. The molecule has 3 aromatic rings. The number of aromatic nitrogens is 2. The first kappa shape index (κ1) is 18.2. The smallest absolute Gasteiger partial charge is 0.251 e. The maximum atomic E-state index is 12.2. The van der Waals surface area contributed by atoms with E-state index in [0.717, 1.165) is 42.9 Å². The van der Waals surface area contributed by atoms with E-state index >= 15 is 0 Å². The fraction of sp³-hybridized carbons (Fsp3) is 0.286. The molecule has 144 valence electrons. The van der Waals surface area contributed by atoms with Gasteiger partial charge < -0.3 is 20.3 Å². The van der Waals surface area contributed by atoms with Crippen LogP contribution in [0.3, 0.4) is 0 Å². The van der Waals surface area contributed by atoms with Crippen molar-refractivity contribution in [3.8, 4) is 0 Å². The predicted molar refractivity (Wildman–Crippen MR) is 110 cm³/mol. The Morgan fingerprint density at radius 1 is 1.11 bits per heavy atom. The molecule has 0 radical (unpaired) electrons. The monoisotopic (exact) mass is 377 g/mol. The Labute approximate surface area is 163 Å². The Morgan fingerprint density at radius 2 is 1.89 bits per heavy atom. The van der Waals surface area contributed by atoms with Crippen molar-refractivity contribution in [2.45, 2.75) is 6.92 Å². The molecule has 0 atom stereocenters. The number of rotatable bonds is 5. The molecule has 0 unspecified atom stereocenters. The topological polar surface area (TPSA) is 79.4 Å². The molecule has 7 heteroatoms. The van der Waals surface area contributed by atoms with Crippen LogP contribution in [0.4, 0.5) is 17.2 Å². The largest absolute Gasteiger partial charge is 0.378 e. The van der Waals surface area contributed by atoms with Gasteiger partial charge in [-0.05, 0) is 49.4 Å². The highest BCUT2D eigenvalue weighted by molar-refractivity contribution is 6.00. The van der Waals surface area contributed by atoms with Crippen LogP contribution in [0.2, 0.25) is 0 Å². The van der Waals surface area contributed by atoms with Crippen molar-refractivity contribution in [3.63, 3.8) is 0 Å². The van der Waals surface area contributed by atoms with E-state index in [9.17, 15) is 4.79 Å². The summed E-state index contributed by atoms with van der Waals surface area (Å²) in [7, 11) is 0. The van der Waals surface area contributed by atoms with E-state index in [0.29, 0.717) is 17.9 Å². The lowest BCUT2D eigenvalue weighted by atomic mass is 10.1. The summed E-state index contributed by atoms with van der Waals surface area (Å²) in [5, 5.41) is 6.98. The van der Waals surface area contributed by atoms with Gasteiger partial charge in [0.25, 0.3) is 5.91 Å². The number of carbonyl (C=O) groups excluding carboxylic acids is 1. The van der Waals surface area contributed by atoms with Crippen LogP contribution in [0.1, 0.15) is 17.3 Å². The van der Waals surface area contributed by atoms with Gasteiger partial charge in [-0.3, -0.25) is 4.79 Å². The zero-order valence-electron chi connectivity index (χ0n) is 15.8. The minimum Gasteiger partial charge on any atom is -0.378 e. The van der Waals surface area contributed by atoms with Gasteiger partial charge in [-0.1, -0.05) is 0 Å². The third-order valence-corrected chi connectivity index (χ3v) is 4.74. The highest BCUT2D eigenvalue weighted by Crippen LogP contribution is 2.26. The molecule has 0 aliphatic carbocycles. The second-order valence-corrected chi connectivity index (χ2v) is 6.58. The number of fused-ring (bicyclic) bond motifs is 1. The van der Waals surface area contributed by atoms with Crippen molar-refractivity contribution in [2.75, 3.05) is 43.1 Å². The first-order valence-electron chi connectivity index (χ1n) is 9.47. The van der Waals surface area contributed by atoms with Gasteiger partial charge >= 0.3 is 0 Å². The van der Waals surface area contributed by atoms with Gasteiger partial charge in [0.05, 0.1) is 18.7 Å². The van der Waals surface area contributed by atoms with Crippen molar-refractivity contribution >= 4 is 34.0 Å². The summed E-state index contributed by atoms with van der Waals surface area (Å²) in [5.74, 6) is 0.573. The molecule has 28 heavy (non-hydrogen) atoms. The Morgan fingerprint density at radius 3 is 2.64 bits per heavy atom. The van der Waals surface area contributed by atoms with Gasteiger partial charge in [0, 0.05) is 42.0 Å². The summed E-state index contributed by atoms with van der Waals surface area (Å²) in [6.07, 6.45) is 1.53. The molecule has 1 aliphatic heterocycles. The number of benzene rings is 2. The molecule has 2 N–H and O–H groups in total. The Bertz CT molecular complexity index is 968. The van der Waals surface area contributed by atoms with E-state index in [1.165, 1.54) is 12.0 Å². The van der Waals surface area contributed by atoms with Crippen LogP contribution in [0.15, 0.2) is 48.8 Å². The molecule has 1 aromatic heterocycles. The fourth-order valence-electron chi connectivity index (χ4n) is 3.27. The molecule has 1 fully saturated rings. The summed E-state index contributed by atoms with van der Waals surface area (Å²) in [5.41, 5.74) is 3.49. The molecule has 2 heterocycles. The molecule has 7 nitrogen and oxygen atoms in total. The summed E-state index contributed by atoms with van der Waals surface area (Å²) < 4.78 is 5.41. The second-order valence-electron chi connectivity index (χ2n) is 6.58. The van der Waals surface area contributed by atoms with Crippen LogP contribution < -0.4 is 15.5 Å². The molecule has 0 saturated carbocycles. The Balaban J connectivity index is 1.58. The van der Waals surface area contributed by atoms with Crippen molar-refractivity contribution < 1.29 is 9.53 Å². The molecule has 4 rings (SSSR count). The molecular formula is C21H23N5O2. The lowest BCUT2D eigenvalue weighted by molar-refractivity contribution is 0.0956. The van der Waals surface area contributed by atoms with E-state index in [1.807, 2.05) is 31.2 Å². The molecule has 1 aliphatic rings. The van der Waals surface area contributed by atoms with Crippen LogP contribution >= 0.6 is 0 Å². The van der Waals surface area contributed by atoms with Crippen LogP contribution in [-0.2, 0) is 4.74 Å². The van der Waals surface area contributed by atoms with E-state index in [4.69, 9.17) is 4.74 Å². The first-order valence-corrected chi connectivity index (χ1v) is 9.47. The van der Waals surface area contributed by atoms with Crippen molar-refractivity contribution in [2.24, 2.45) is 0 Å². The molecular weight excluding hydrogens is 354 g/mol. The highest BCUT2D eigenvalue weighted by atomic mass is 16.5. The first-order chi connectivity index (χ1) is 13.7. The Hall–Kier alpha value is -3.19. The van der Waals surface area contributed by atoms with Crippen molar-refractivity contribution in [3.05, 3.63) is 54.4 Å². The molecule has 2 aromatic carbocycles. The third kappa shape index (κ3) is 3.89. The second kappa shape index (κ2) is 8.22. The fourth-order valence-corrected chi connectivity index (χ4v) is 3.27. The summed E-state index contributed by atoms with van der Waals surface area (Å²) in [6.45, 7) is 5.83. The van der Waals surface area contributed by atoms with Gasteiger partial charge in [0.15, 0.2) is 0 Å². The maximum absolute atomic E-state index is 12.2. The lowest BCUT2D eigenvalue weighted by Crippen LogP contribution is -2.36. The molecule has 1 saturated heterocycles. The summed E-state index contributed by atoms with van der Waals surface area (Å²) in [6, 6.07) is 13.7. The van der Waals surface area contributed by atoms with Gasteiger partial charge in [-0.2, -0.15) is 0 Å². The van der Waals surface area contributed by atoms with Gasteiger partial charge in [0.2, 0.25) is 0 Å². The molecule has 0 spiro atoms. The van der Waals surface area contributed by atoms with Gasteiger partial charge in [-0.25, -0.2) is 9.97 Å². The number of hydrogen-bond acceptors (Lipinski definition) is 6. The zero-order valence-corrected chi connectivity index (χ0v) is 15.8. The van der Waals surface area contributed by atoms with E-state index in [1.54, 1.807) is 6.07 Å².